The van der Waals surface area contributed by atoms with Crippen molar-refractivity contribution >= 4 is 29.5 Å². The highest BCUT2D eigenvalue weighted by molar-refractivity contribution is 5.71. The first-order valence-electron chi connectivity index (χ1n) is 10.4. The van der Waals surface area contributed by atoms with Gasteiger partial charge in [0, 0.05) is 49.2 Å². The zero-order valence-corrected chi connectivity index (χ0v) is 20.3. The van der Waals surface area contributed by atoms with Gasteiger partial charge >= 0.3 is 18.1 Å². The smallest absolute Gasteiger partial charge is 0.455 e. The molecule has 36 heavy (non-hydrogen) atoms. The van der Waals surface area contributed by atoms with Crippen LogP contribution in [-0.2, 0) is 30.3 Å². The Morgan fingerprint density at radius 2 is 1.03 bits per heavy atom. The number of esters is 2. The van der Waals surface area contributed by atoms with E-state index < -0.39 is 39.1 Å². The molecule has 0 fully saturated rings. The first kappa shape index (κ1) is 27.7. The fraction of sp³-hybridized carbons (Fsp3) is 0.348. The first-order chi connectivity index (χ1) is 16.5. The third kappa shape index (κ3) is 6.74. The molecule has 0 aliphatic heterocycles. The summed E-state index contributed by atoms with van der Waals surface area (Å²) >= 11 is 0. The largest absolute Gasteiger partial charge is 0.519 e. The number of nitro groups is 2. The Hall–Kier alpha value is -4.55. The van der Waals surface area contributed by atoms with Crippen molar-refractivity contribution in [3.63, 3.8) is 0 Å². The third-order valence-corrected chi connectivity index (χ3v) is 4.83. The molecule has 192 valence electrons. The summed E-state index contributed by atoms with van der Waals surface area (Å²) in [4.78, 5) is 56.9. The van der Waals surface area contributed by atoms with E-state index in [0.717, 1.165) is 50.2 Å². The molecule has 2 rings (SSSR count). The van der Waals surface area contributed by atoms with E-state index >= 15 is 0 Å². The van der Waals surface area contributed by atoms with Crippen molar-refractivity contribution in [3.05, 3.63) is 67.8 Å². The number of hydrogen-bond acceptors (Lipinski definition) is 11. The van der Waals surface area contributed by atoms with Crippen LogP contribution < -0.4 is 9.47 Å². The monoisotopic (exact) mass is 504 g/mol. The maximum atomic E-state index is 12.7. The van der Waals surface area contributed by atoms with Crippen LogP contribution in [0, 0.1) is 20.2 Å². The molecule has 0 unspecified atom stereocenters. The maximum Gasteiger partial charge on any atom is 0.519 e. The normalized spacial score (nSPS) is 11.3. The predicted molar refractivity (Wildman–Crippen MR) is 122 cm³/mol. The minimum absolute atomic E-state index is 0.00742. The number of carbonyl (C=O) groups excluding carboxylic acids is 3. The molecular weight excluding hydrogens is 480 g/mol. The van der Waals surface area contributed by atoms with Crippen molar-refractivity contribution in [2.75, 3.05) is 0 Å². The second kappa shape index (κ2) is 10.4. The molecule has 0 heterocycles. The number of non-ortho nitro benzene ring substituents is 2. The van der Waals surface area contributed by atoms with Gasteiger partial charge in [0.2, 0.25) is 0 Å². The Kier molecular flexibility index (Phi) is 7.98. The molecule has 0 N–H and O–H groups in total. The number of nitro benzene ring substituents is 2. The van der Waals surface area contributed by atoms with Crippen molar-refractivity contribution in [2.45, 2.75) is 52.7 Å². The lowest BCUT2D eigenvalue weighted by Gasteiger charge is -2.27. The molecule has 0 saturated carbocycles. The zero-order chi connectivity index (χ0) is 27.4. The van der Waals surface area contributed by atoms with Gasteiger partial charge in [-0.2, -0.15) is 0 Å². The summed E-state index contributed by atoms with van der Waals surface area (Å²) in [6.45, 7) is 8.08. The molecule has 0 aliphatic rings. The topological polar surface area (TPSA) is 174 Å². The maximum absolute atomic E-state index is 12.7. The number of benzene rings is 2. The summed E-state index contributed by atoms with van der Waals surface area (Å²) in [7, 11) is 0. The van der Waals surface area contributed by atoms with Gasteiger partial charge in [0.1, 0.15) is 22.7 Å². The lowest BCUT2D eigenvalue weighted by molar-refractivity contribution is -0.385. The zero-order valence-electron chi connectivity index (χ0n) is 20.3. The Balaban J connectivity index is 2.47. The van der Waals surface area contributed by atoms with Crippen LogP contribution in [0.2, 0.25) is 0 Å². The van der Waals surface area contributed by atoms with Crippen molar-refractivity contribution < 1.29 is 43.2 Å². The van der Waals surface area contributed by atoms with Gasteiger partial charge in [0.25, 0.3) is 11.4 Å². The summed E-state index contributed by atoms with van der Waals surface area (Å²) in [6, 6.07) is 6.62. The SMILES string of the molecule is CC(=O)OC(C)(C)c1cc([N+](=O)[O-])ccc1OC(=O)Oc1ccc([N+](=O)[O-])cc1C(C)(C)OC(C)=O. The average molecular weight is 504 g/mol. The van der Waals surface area contributed by atoms with Gasteiger partial charge in [0.15, 0.2) is 0 Å². The quantitative estimate of drug-likeness (QED) is 0.211. The Bertz CT molecular complexity index is 1140. The van der Waals surface area contributed by atoms with E-state index in [4.69, 9.17) is 18.9 Å². The number of ether oxygens (including phenoxy) is 4. The number of carbonyl (C=O) groups is 3. The third-order valence-electron chi connectivity index (χ3n) is 4.83. The van der Waals surface area contributed by atoms with Gasteiger partial charge in [0.05, 0.1) is 9.85 Å². The summed E-state index contributed by atoms with van der Waals surface area (Å²) < 4.78 is 21.0. The highest BCUT2D eigenvalue weighted by Gasteiger charge is 2.33. The summed E-state index contributed by atoms with van der Waals surface area (Å²) in [5, 5.41) is 22.5. The fourth-order valence-electron chi connectivity index (χ4n) is 3.41. The van der Waals surface area contributed by atoms with Crippen LogP contribution in [-0.4, -0.2) is 27.9 Å². The first-order valence-corrected chi connectivity index (χ1v) is 10.4. The lowest BCUT2D eigenvalue weighted by Crippen LogP contribution is -2.27. The highest BCUT2D eigenvalue weighted by atomic mass is 16.7. The molecule has 0 radical (unpaired) electrons. The molecule has 0 atom stereocenters. The van der Waals surface area contributed by atoms with E-state index in [1.54, 1.807) is 0 Å². The van der Waals surface area contributed by atoms with Gasteiger partial charge in [-0.25, -0.2) is 4.79 Å². The molecule has 13 heteroatoms. The molecule has 0 bridgehead atoms. The molecule has 2 aromatic carbocycles. The van der Waals surface area contributed by atoms with E-state index in [2.05, 4.69) is 0 Å². The number of hydrogen-bond donors (Lipinski definition) is 0. The summed E-state index contributed by atoms with van der Waals surface area (Å²) in [6.07, 6.45) is -1.31. The van der Waals surface area contributed by atoms with Crippen molar-refractivity contribution in [2.24, 2.45) is 0 Å². The van der Waals surface area contributed by atoms with Crippen molar-refractivity contribution in [1.29, 1.82) is 0 Å². The fourth-order valence-corrected chi connectivity index (χ4v) is 3.41. The van der Waals surface area contributed by atoms with Crippen LogP contribution in [0.4, 0.5) is 16.2 Å². The van der Waals surface area contributed by atoms with E-state index in [9.17, 15) is 34.6 Å². The van der Waals surface area contributed by atoms with Crippen LogP contribution in [0.25, 0.3) is 0 Å². The van der Waals surface area contributed by atoms with Gasteiger partial charge < -0.3 is 18.9 Å². The Morgan fingerprint density at radius 3 is 1.31 bits per heavy atom. The van der Waals surface area contributed by atoms with Crippen LogP contribution in [0.3, 0.4) is 0 Å². The van der Waals surface area contributed by atoms with Crippen LogP contribution in [0.15, 0.2) is 36.4 Å². The molecule has 13 nitrogen and oxygen atoms in total. The van der Waals surface area contributed by atoms with Crippen LogP contribution in [0.1, 0.15) is 52.7 Å². The van der Waals surface area contributed by atoms with Crippen LogP contribution in [0.5, 0.6) is 11.5 Å². The van der Waals surface area contributed by atoms with E-state index in [1.165, 1.54) is 27.7 Å². The van der Waals surface area contributed by atoms with Crippen molar-refractivity contribution in [3.8, 4) is 11.5 Å². The van der Waals surface area contributed by atoms with Gasteiger partial charge in [-0.3, -0.25) is 29.8 Å². The minimum atomic E-state index is -1.43. The lowest BCUT2D eigenvalue weighted by atomic mass is 9.96. The highest BCUT2D eigenvalue weighted by Crippen LogP contribution is 2.38. The summed E-state index contributed by atoms with van der Waals surface area (Å²) in [5.41, 5.74) is -3.52. The minimum Gasteiger partial charge on any atom is -0.455 e. The molecule has 0 spiro atoms. The second-order valence-corrected chi connectivity index (χ2v) is 8.54. The number of rotatable bonds is 8. The van der Waals surface area contributed by atoms with E-state index in [1.807, 2.05) is 0 Å². The molecule has 2 aromatic rings. The standard InChI is InChI=1S/C23H24N2O11/c1-13(26)35-22(3,4)17-11-15(24(29)30)7-9-19(17)33-21(28)34-20-10-8-16(25(31)32)12-18(20)23(5,6)36-14(2)27/h7-12H,1-6H3. The van der Waals surface area contributed by atoms with Gasteiger partial charge in [-0.1, -0.05) is 0 Å². The molecule has 0 amide bonds. The van der Waals surface area contributed by atoms with Gasteiger partial charge in [-0.15, -0.1) is 0 Å². The van der Waals surface area contributed by atoms with Crippen LogP contribution >= 0.6 is 0 Å². The Labute approximate surface area is 205 Å². The van der Waals surface area contributed by atoms with E-state index in [0.29, 0.717) is 0 Å². The van der Waals surface area contributed by atoms with Gasteiger partial charge in [-0.05, 0) is 39.8 Å². The number of nitrogens with zero attached hydrogens (tertiary/aromatic N) is 2. The Morgan fingerprint density at radius 1 is 0.694 bits per heavy atom. The molecule has 0 aromatic heterocycles. The molecule has 0 aliphatic carbocycles. The van der Waals surface area contributed by atoms with E-state index in [-0.39, 0.29) is 34.0 Å². The van der Waals surface area contributed by atoms with Crippen molar-refractivity contribution in [1.82, 2.24) is 0 Å². The summed E-state index contributed by atoms with van der Waals surface area (Å²) in [5.74, 6) is -1.74. The molecule has 0 saturated heterocycles. The molecular formula is C23H24N2O11. The average Bonchev–Trinajstić information content (AvgIpc) is 2.71. The second-order valence-electron chi connectivity index (χ2n) is 8.54. The predicted octanol–water partition coefficient (Wildman–Crippen LogP) is 4.68.